The average Bonchev–Trinajstić information content (AvgIpc) is 2.48. The van der Waals surface area contributed by atoms with Crippen molar-refractivity contribution in [3.05, 3.63) is 71.3 Å². The van der Waals surface area contributed by atoms with Gasteiger partial charge in [-0.25, -0.2) is 0 Å². The first-order valence-corrected chi connectivity index (χ1v) is 6.89. The van der Waals surface area contributed by atoms with Crippen molar-refractivity contribution in [3.8, 4) is 0 Å². The number of para-hydroxylation sites is 1. The molecule has 0 aliphatic carbocycles. The van der Waals surface area contributed by atoms with E-state index in [1.807, 2.05) is 55.5 Å². The second-order valence-corrected chi connectivity index (χ2v) is 4.68. The average molecular weight is 286 g/mol. The Balaban J connectivity index is 2.17. The Hall–Kier alpha value is -2.06. The molecule has 0 atom stereocenters. The predicted molar refractivity (Wildman–Crippen MR) is 85.0 cm³/mol. The number of benzene rings is 2. The molecule has 0 aliphatic rings. The summed E-state index contributed by atoms with van der Waals surface area (Å²) in [6.07, 6.45) is 3.30. The lowest BCUT2D eigenvalue weighted by Crippen LogP contribution is -2.28. The van der Waals surface area contributed by atoms with Crippen LogP contribution in [0.2, 0.25) is 5.02 Å². The summed E-state index contributed by atoms with van der Waals surface area (Å²) >= 11 is 6.06. The molecular weight excluding hydrogens is 270 g/mol. The van der Waals surface area contributed by atoms with Gasteiger partial charge in [0.2, 0.25) is 0 Å². The zero-order valence-electron chi connectivity index (χ0n) is 11.3. The van der Waals surface area contributed by atoms with E-state index in [1.165, 1.54) is 0 Å². The van der Waals surface area contributed by atoms with Gasteiger partial charge >= 0.3 is 0 Å². The fourth-order valence-corrected chi connectivity index (χ4v) is 2.13. The Labute approximate surface area is 124 Å². The van der Waals surface area contributed by atoms with E-state index in [0.29, 0.717) is 11.6 Å². The lowest BCUT2D eigenvalue weighted by Gasteiger charge is -2.19. The second-order valence-electron chi connectivity index (χ2n) is 4.27. The minimum Gasteiger partial charge on any atom is -0.309 e. The van der Waals surface area contributed by atoms with Gasteiger partial charge in [-0.1, -0.05) is 48.0 Å². The van der Waals surface area contributed by atoms with Crippen molar-refractivity contribution in [2.75, 3.05) is 11.4 Å². The van der Waals surface area contributed by atoms with E-state index in [1.54, 1.807) is 23.1 Å². The van der Waals surface area contributed by atoms with Gasteiger partial charge in [-0.15, -0.1) is 0 Å². The molecule has 0 saturated heterocycles. The van der Waals surface area contributed by atoms with Crippen LogP contribution in [0.5, 0.6) is 0 Å². The molecule has 2 aromatic rings. The molecule has 2 aromatic carbocycles. The van der Waals surface area contributed by atoms with E-state index >= 15 is 0 Å². The highest BCUT2D eigenvalue weighted by Crippen LogP contribution is 2.17. The van der Waals surface area contributed by atoms with Crippen LogP contribution in [-0.4, -0.2) is 12.5 Å². The number of halogens is 1. The molecule has 0 bridgehead atoms. The van der Waals surface area contributed by atoms with Crippen molar-refractivity contribution in [1.29, 1.82) is 0 Å². The van der Waals surface area contributed by atoms with E-state index in [0.717, 1.165) is 11.3 Å². The van der Waals surface area contributed by atoms with Crippen molar-refractivity contribution in [3.63, 3.8) is 0 Å². The van der Waals surface area contributed by atoms with Crippen LogP contribution in [-0.2, 0) is 4.79 Å². The first-order chi connectivity index (χ1) is 9.72. The lowest BCUT2D eigenvalue weighted by molar-refractivity contribution is -0.114. The number of hydrogen-bond acceptors (Lipinski definition) is 1. The van der Waals surface area contributed by atoms with Crippen LogP contribution < -0.4 is 4.90 Å². The van der Waals surface area contributed by atoms with Crippen molar-refractivity contribution in [2.24, 2.45) is 0 Å². The van der Waals surface area contributed by atoms with Gasteiger partial charge < -0.3 is 4.90 Å². The molecule has 3 heteroatoms. The SMILES string of the molecule is CCN(C(=O)C=Cc1ccccc1Cl)c1ccccc1. The minimum absolute atomic E-state index is 0.0568. The molecule has 0 radical (unpaired) electrons. The fourth-order valence-electron chi connectivity index (χ4n) is 1.93. The maximum atomic E-state index is 12.3. The minimum atomic E-state index is -0.0568. The normalized spacial score (nSPS) is 10.7. The summed E-state index contributed by atoms with van der Waals surface area (Å²) in [6.45, 7) is 2.57. The largest absolute Gasteiger partial charge is 0.309 e. The highest BCUT2D eigenvalue weighted by molar-refractivity contribution is 6.32. The van der Waals surface area contributed by atoms with Gasteiger partial charge in [-0.2, -0.15) is 0 Å². The highest BCUT2D eigenvalue weighted by atomic mass is 35.5. The van der Waals surface area contributed by atoms with Crippen LogP contribution in [0.3, 0.4) is 0 Å². The third kappa shape index (κ3) is 3.49. The van der Waals surface area contributed by atoms with Crippen molar-refractivity contribution in [1.82, 2.24) is 0 Å². The molecule has 0 fully saturated rings. The predicted octanol–water partition coefficient (Wildman–Crippen LogP) is 4.41. The molecule has 0 spiro atoms. The van der Waals surface area contributed by atoms with E-state index in [-0.39, 0.29) is 5.91 Å². The van der Waals surface area contributed by atoms with Crippen LogP contribution in [0.1, 0.15) is 12.5 Å². The standard InChI is InChI=1S/C17H16ClNO/c1-2-19(15-9-4-3-5-10-15)17(20)13-12-14-8-6-7-11-16(14)18/h3-13H,2H2,1H3. The maximum Gasteiger partial charge on any atom is 0.250 e. The molecule has 102 valence electrons. The molecule has 0 aliphatic heterocycles. The summed E-state index contributed by atoms with van der Waals surface area (Å²) in [5.74, 6) is -0.0568. The van der Waals surface area contributed by atoms with E-state index in [9.17, 15) is 4.79 Å². The van der Waals surface area contributed by atoms with Crippen LogP contribution >= 0.6 is 11.6 Å². The van der Waals surface area contributed by atoms with Crippen LogP contribution in [0.25, 0.3) is 6.08 Å². The molecule has 0 heterocycles. The quantitative estimate of drug-likeness (QED) is 0.762. The first-order valence-electron chi connectivity index (χ1n) is 6.51. The third-order valence-corrected chi connectivity index (χ3v) is 3.31. The molecular formula is C17H16ClNO. The maximum absolute atomic E-state index is 12.3. The Morgan fingerprint density at radius 1 is 1.10 bits per heavy atom. The smallest absolute Gasteiger partial charge is 0.250 e. The summed E-state index contributed by atoms with van der Waals surface area (Å²) in [5.41, 5.74) is 1.73. The zero-order valence-corrected chi connectivity index (χ0v) is 12.0. The van der Waals surface area contributed by atoms with Gasteiger partial charge in [0.05, 0.1) is 0 Å². The molecule has 0 saturated carbocycles. The molecule has 2 nitrogen and oxygen atoms in total. The molecule has 0 N–H and O–H groups in total. The van der Waals surface area contributed by atoms with Gasteiger partial charge in [-0.05, 0) is 36.8 Å². The molecule has 1 amide bonds. The van der Waals surface area contributed by atoms with Crippen LogP contribution in [0.15, 0.2) is 60.7 Å². The van der Waals surface area contributed by atoms with Crippen molar-refractivity contribution < 1.29 is 4.79 Å². The molecule has 0 aromatic heterocycles. The van der Waals surface area contributed by atoms with Crippen molar-refractivity contribution >= 4 is 29.3 Å². The number of carbonyl (C=O) groups excluding carboxylic acids is 1. The summed E-state index contributed by atoms with van der Waals surface area (Å²) in [6, 6.07) is 17.1. The number of likely N-dealkylation sites (N-methyl/N-ethyl adjacent to an activating group) is 1. The number of carbonyl (C=O) groups is 1. The summed E-state index contributed by atoms with van der Waals surface area (Å²) in [4.78, 5) is 14.0. The Morgan fingerprint density at radius 2 is 1.75 bits per heavy atom. The second kappa shape index (κ2) is 6.92. The van der Waals surface area contributed by atoms with E-state index < -0.39 is 0 Å². The number of anilines is 1. The lowest BCUT2D eigenvalue weighted by atomic mass is 10.2. The van der Waals surface area contributed by atoms with E-state index in [2.05, 4.69) is 0 Å². The van der Waals surface area contributed by atoms with Crippen LogP contribution in [0.4, 0.5) is 5.69 Å². The molecule has 2 rings (SSSR count). The molecule has 20 heavy (non-hydrogen) atoms. The van der Waals surface area contributed by atoms with Gasteiger partial charge in [0.15, 0.2) is 0 Å². The third-order valence-electron chi connectivity index (χ3n) is 2.96. The highest BCUT2D eigenvalue weighted by Gasteiger charge is 2.10. The Morgan fingerprint density at radius 3 is 2.40 bits per heavy atom. The zero-order chi connectivity index (χ0) is 14.4. The summed E-state index contributed by atoms with van der Waals surface area (Å²) in [5, 5.41) is 0.638. The summed E-state index contributed by atoms with van der Waals surface area (Å²) in [7, 11) is 0. The fraction of sp³-hybridized carbons (Fsp3) is 0.118. The topological polar surface area (TPSA) is 20.3 Å². The first kappa shape index (κ1) is 14.4. The van der Waals surface area contributed by atoms with Gasteiger partial charge in [0.1, 0.15) is 0 Å². The number of amides is 1. The van der Waals surface area contributed by atoms with Crippen molar-refractivity contribution in [2.45, 2.75) is 6.92 Å². The van der Waals surface area contributed by atoms with Crippen LogP contribution in [0, 0.1) is 0 Å². The Kier molecular flexibility index (Phi) is 4.97. The van der Waals surface area contributed by atoms with Gasteiger partial charge in [-0.3, -0.25) is 4.79 Å². The number of hydrogen-bond donors (Lipinski definition) is 0. The number of nitrogens with zero attached hydrogens (tertiary/aromatic N) is 1. The Bertz CT molecular complexity index is 607. The molecule has 0 unspecified atom stereocenters. The van der Waals surface area contributed by atoms with Gasteiger partial charge in [0.25, 0.3) is 5.91 Å². The van der Waals surface area contributed by atoms with E-state index in [4.69, 9.17) is 11.6 Å². The summed E-state index contributed by atoms with van der Waals surface area (Å²) < 4.78 is 0. The van der Waals surface area contributed by atoms with Gasteiger partial charge in [0, 0.05) is 23.3 Å². The monoisotopic (exact) mass is 285 g/mol. The number of rotatable bonds is 4.